The molecule has 0 saturated carbocycles. The number of benzene rings is 2. The Hall–Kier alpha value is -3.02. The topological polar surface area (TPSA) is 76.7 Å². The Labute approximate surface area is 134 Å². The first-order valence-corrected chi connectivity index (χ1v) is 7.06. The van der Waals surface area contributed by atoms with E-state index in [1.807, 2.05) is 18.2 Å². The van der Waals surface area contributed by atoms with Gasteiger partial charge in [0.15, 0.2) is 6.61 Å². The first-order chi connectivity index (χ1) is 11.2. The zero-order valence-electron chi connectivity index (χ0n) is 12.7. The van der Waals surface area contributed by atoms with E-state index in [0.29, 0.717) is 17.2 Å². The summed E-state index contributed by atoms with van der Waals surface area (Å²) in [6, 6.07) is 15.9. The fourth-order valence-electron chi connectivity index (χ4n) is 1.78. The summed E-state index contributed by atoms with van der Waals surface area (Å²) in [5.41, 5.74) is 0.682. The highest BCUT2D eigenvalue weighted by Crippen LogP contribution is 2.16. The number of nitrogens with one attached hydrogen (secondary N) is 2. The molecule has 2 N–H and O–H groups in total. The summed E-state index contributed by atoms with van der Waals surface area (Å²) in [6.07, 6.45) is 0. The molecule has 0 aliphatic rings. The molecule has 2 amide bonds. The lowest BCUT2D eigenvalue weighted by atomic mass is 10.3. The molecule has 2 rings (SSSR count). The van der Waals surface area contributed by atoms with E-state index < -0.39 is 0 Å². The van der Waals surface area contributed by atoms with Crippen LogP contribution in [0.1, 0.15) is 0 Å². The summed E-state index contributed by atoms with van der Waals surface area (Å²) in [5.74, 6) is 0.590. The first kappa shape index (κ1) is 16.4. The Balaban J connectivity index is 1.69. The van der Waals surface area contributed by atoms with Crippen LogP contribution in [0.5, 0.6) is 11.5 Å². The zero-order valence-corrected chi connectivity index (χ0v) is 12.7. The van der Waals surface area contributed by atoms with Gasteiger partial charge in [-0.2, -0.15) is 0 Å². The highest BCUT2D eigenvalue weighted by atomic mass is 16.5. The van der Waals surface area contributed by atoms with Crippen LogP contribution in [0.25, 0.3) is 0 Å². The van der Waals surface area contributed by atoms with Crippen molar-refractivity contribution < 1.29 is 19.1 Å². The van der Waals surface area contributed by atoms with Gasteiger partial charge in [0.2, 0.25) is 5.91 Å². The molecule has 0 unspecified atom stereocenters. The van der Waals surface area contributed by atoms with E-state index in [1.165, 1.54) is 0 Å². The first-order valence-electron chi connectivity index (χ1n) is 7.06. The molecule has 6 nitrogen and oxygen atoms in total. The van der Waals surface area contributed by atoms with Crippen LogP contribution in [0.15, 0.2) is 54.6 Å². The van der Waals surface area contributed by atoms with Gasteiger partial charge in [-0.15, -0.1) is 0 Å². The fraction of sp³-hybridized carbons (Fsp3) is 0.176. The van der Waals surface area contributed by atoms with E-state index in [9.17, 15) is 9.59 Å². The van der Waals surface area contributed by atoms with Crippen molar-refractivity contribution in [2.75, 3.05) is 25.6 Å². The smallest absolute Gasteiger partial charge is 0.258 e. The molecule has 23 heavy (non-hydrogen) atoms. The van der Waals surface area contributed by atoms with Crippen LogP contribution < -0.4 is 20.1 Å². The van der Waals surface area contributed by atoms with E-state index >= 15 is 0 Å². The van der Waals surface area contributed by atoms with Gasteiger partial charge in [0.05, 0.1) is 13.7 Å². The standard InChI is InChI=1S/C17H18N2O4/c1-22-14-7-9-15(10-8-14)23-12-17(21)18-11-16(20)19-13-5-3-2-4-6-13/h2-10H,11-12H2,1H3,(H,18,21)(H,19,20). The minimum Gasteiger partial charge on any atom is -0.497 e. The average Bonchev–Trinajstić information content (AvgIpc) is 2.59. The Bertz CT molecular complexity index is 641. The molecule has 0 aromatic heterocycles. The number of hydrogen-bond acceptors (Lipinski definition) is 4. The van der Waals surface area contributed by atoms with Crippen molar-refractivity contribution >= 4 is 17.5 Å². The summed E-state index contributed by atoms with van der Waals surface area (Å²) in [7, 11) is 1.57. The van der Waals surface area contributed by atoms with Crippen LogP contribution >= 0.6 is 0 Å². The highest BCUT2D eigenvalue weighted by Gasteiger charge is 2.06. The van der Waals surface area contributed by atoms with Crippen LogP contribution in [0.4, 0.5) is 5.69 Å². The third kappa shape index (κ3) is 5.70. The van der Waals surface area contributed by atoms with Gasteiger partial charge in [-0.3, -0.25) is 9.59 Å². The normalized spacial score (nSPS) is 9.78. The molecular formula is C17H18N2O4. The Morgan fingerprint density at radius 3 is 2.22 bits per heavy atom. The second kappa shape index (κ2) is 8.43. The summed E-state index contributed by atoms with van der Waals surface area (Å²) < 4.78 is 10.3. The predicted molar refractivity (Wildman–Crippen MR) is 86.6 cm³/mol. The average molecular weight is 314 g/mol. The Kier molecular flexibility index (Phi) is 5.99. The molecule has 2 aromatic carbocycles. The number of amides is 2. The van der Waals surface area contributed by atoms with E-state index in [2.05, 4.69) is 10.6 Å². The third-order valence-electron chi connectivity index (χ3n) is 2.93. The maximum absolute atomic E-state index is 11.7. The summed E-state index contributed by atoms with van der Waals surface area (Å²) in [6.45, 7) is -0.273. The van der Waals surface area contributed by atoms with Crippen LogP contribution in [0.3, 0.4) is 0 Å². The van der Waals surface area contributed by atoms with Gasteiger partial charge < -0.3 is 20.1 Å². The van der Waals surface area contributed by atoms with Crippen molar-refractivity contribution in [3.8, 4) is 11.5 Å². The van der Waals surface area contributed by atoms with Gasteiger partial charge in [-0.05, 0) is 36.4 Å². The lowest BCUT2D eigenvalue weighted by Crippen LogP contribution is -2.35. The van der Waals surface area contributed by atoms with Crippen molar-refractivity contribution in [1.29, 1.82) is 0 Å². The van der Waals surface area contributed by atoms with E-state index in [1.54, 1.807) is 43.5 Å². The van der Waals surface area contributed by atoms with Gasteiger partial charge in [-0.25, -0.2) is 0 Å². The maximum Gasteiger partial charge on any atom is 0.258 e. The molecule has 0 radical (unpaired) electrons. The van der Waals surface area contributed by atoms with E-state index in [-0.39, 0.29) is 25.0 Å². The van der Waals surface area contributed by atoms with Gasteiger partial charge in [0.25, 0.3) is 5.91 Å². The van der Waals surface area contributed by atoms with Crippen molar-refractivity contribution in [1.82, 2.24) is 5.32 Å². The molecule has 2 aromatic rings. The van der Waals surface area contributed by atoms with Crippen molar-refractivity contribution in [3.63, 3.8) is 0 Å². The highest BCUT2D eigenvalue weighted by molar-refractivity contribution is 5.94. The van der Waals surface area contributed by atoms with Gasteiger partial charge >= 0.3 is 0 Å². The number of methoxy groups -OCH3 is 1. The second-order valence-corrected chi connectivity index (χ2v) is 4.66. The molecule has 0 spiro atoms. The molecule has 0 fully saturated rings. The third-order valence-corrected chi connectivity index (χ3v) is 2.93. The molecule has 0 aliphatic carbocycles. The number of para-hydroxylation sites is 1. The van der Waals surface area contributed by atoms with Crippen LogP contribution in [-0.4, -0.2) is 32.1 Å². The molecular weight excluding hydrogens is 296 g/mol. The summed E-state index contributed by atoms with van der Waals surface area (Å²) >= 11 is 0. The zero-order chi connectivity index (χ0) is 16.5. The molecule has 0 atom stereocenters. The van der Waals surface area contributed by atoms with Crippen LogP contribution in [0.2, 0.25) is 0 Å². The molecule has 6 heteroatoms. The minimum atomic E-state index is -0.371. The predicted octanol–water partition coefficient (Wildman–Crippen LogP) is 1.83. The molecule has 0 heterocycles. The molecule has 0 aliphatic heterocycles. The largest absolute Gasteiger partial charge is 0.497 e. The van der Waals surface area contributed by atoms with Gasteiger partial charge in [-0.1, -0.05) is 18.2 Å². The lowest BCUT2D eigenvalue weighted by Gasteiger charge is -2.08. The number of rotatable bonds is 7. The van der Waals surface area contributed by atoms with Gasteiger partial charge in [0, 0.05) is 5.69 Å². The van der Waals surface area contributed by atoms with Crippen molar-refractivity contribution in [2.24, 2.45) is 0 Å². The lowest BCUT2D eigenvalue weighted by molar-refractivity contribution is -0.125. The van der Waals surface area contributed by atoms with E-state index in [4.69, 9.17) is 9.47 Å². The maximum atomic E-state index is 11.7. The number of hydrogen-bond donors (Lipinski definition) is 2. The van der Waals surface area contributed by atoms with Crippen LogP contribution in [-0.2, 0) is 9.59 Å². The number of carbonyl (C=O) groups excluding carboxylic acids is 2. The summed E-state index contributed by atoms with van der Waals surface area (Å²) in [5, 5.41) is 5.17. The van der Waals surface area contributed by atoms with E-state index in [0.717, 1.165) is 0 Å². The van der Waals surface area contributed by atoms with Crippen molar-refractivity contribution in [3.05, 3.63) is 54.6 Å². The Morgan fingerprint density at radius 1 is 0.913 bits per heavy atom. The summed E-state index contributed by atoms with van der Waals surface area (Å²) in [4.78, 5) is 23.3. The quantitative estimate of drug-likeness (QED) is 0.817. The minimum absolute atomic E-state index is 0.111. The second-order valence-electron chi connectivity index (χ2n) is 4.66. The number of carbonyl (C=O) groups is 2. The van der Waals surface area contributed by atoms with Crippen LogP contribution in [0, 0.1) is 0 Å². The fourth-order valence-corrected chi connectivity index (χ4v) is 1.78. The number of anilines is 1. The van der Waals surface area contributed by atoms with Gasteiger partial charge in [0.1, 0.15) is 11.5 Å². The molecule has 0 bridgehead atoms. The monoisotopic (exact) mass is 314 g/mol. The number of ether oxygens (including phenoxy) is 2. The molecule has 0 saturated heterocycles. The van der Waals surface area contributed by atoms with Crippen molar-refractivity contribution in [2.45, 2.75) is 0 Å². The SMILES string of the molecule is COc1ccc(OCC(=O)NCC(=O)Nc2ccccc2)cc1. The molecule has 120 valence electrons. The Morgan fingerprint density at radius 2 is 1.57 bits per heavy atom.